The topological polar surface area (TPSA) is 0 Å². The molecule has 1 saturated carbocycles. The Morgan fingerprint density at radius 1 is 1.06 bits per heavy atom. The molecule has 0 heterocycles. The Balaban J connectivity index is 1.97. The SMILES string of the molecule is Fc1ccc(C(Br)CC2CCCCCC2)cc1F. The molecule has 0 N–H and O–H groups in total. The summed E-state index contributed by atoms with van der Waals surface area (Å²) in [6.45, 7) is 0. The maximum atomic E-state index is 13.2. The molecular weight excluding hydrogens is 298 g/mol. The Morgan fingerprint density at radius 3 is 2.33 bits per heavy atom. The van der Waals surface area contributed by atoms with E-state index >= 15 is 0 Å². The minimum Gasteiger partial charge on any atom is -0.204 e. The summed E-state index contributed by atoms with van der Waals surface area (Å²) in [6, 6.07) is 4.20. The van der Waals surface area contributed by atoms with Crippen molar-refractivity contribution in [2.75, 3.05) is 0 Å². The molecule has 1 fully saturated rings. The molecule has 0 bridgehead atoms. The van der Waals surface area contributed by atoms with E-state index in [1.165, 1.54) is 50.7 Å². The van der Waals surface area contributed by atoms with Crippen LogP contribution >= 0.6 is 15.9 Å². The Labute approximate surface area is 116 Å². The van der Waals surface area contributed by atoms with Crippen molar-refractivity contribution < 1.29 is 8.78 Å². The molecule has 0 amide bonds. The number of halogens is 3. The first-order valence-electron chi connectivity index (χ1n) is 6.76. The van der Waals surface area contributed by atoms with Gasteiger partial charge in [0.25, 0.3) is 0 Å². The third-order valence-corrected chi connectivity index (χ3v) is 4.72. The van der Waals surface area contributed by atoms with Crippen LogP contribution in [0.25, 0.3) is 0 Å². The van der Waals surface area contributed by atoms with Crippen molar-refractivity contribution in [1.82, 2.24) is 0 Å². The van der Waals surface area contributed by atoms with Gasteiger partial charge in [0.2, 0.25) is 0 Å². The number of rotatable bonds is 3. The fourth-order valence-corrected chi connectivity index (χ4v) is 3.55. The summed E-state index contributed by atoms with van der Waals surface area (Å²) in [5.74, 6) is -0.810. The molecule has 0 aliphatic heterocycles. The quantitative estimate of drug-likeness (QED) is 0.491. The predicted octanol–water partition coefficient (Wildman–Crippen LogP) is 5.76. The molecule has 1 atom stereocenters. The first kappa shape index (κ1) is 14.0. The van der Waals surface area contributed by atoms with E-state index in [2.05, 4.69) is 15.9 Å². The first-order chi connectivity index (χ1) is 8.66. The highest BCUT2D eigenvalue weighted by molar-refractivity contribution is 9.09. The zero-order valence-corrected chi connectivity index (χ0v) is 12.1. The Morgan fingerprint density at radius 2 is 1.72 bits per heavy atom. The monoisotopic (exact) mass is 316 g/mol. The van der Waals surface area contributed by atoms with E-state index in [0.29, 0.717) is 5.92 Å². The van der Waals surface area contributed by atoms with E-state index in [1.807, 2.05) is 0 Å². The second-order valence-electron chi connectivity index (χ2n) is 5.23. The molecule has 1 aromatic carbocycles. The normalized spacial score (nSPS) is 19.5. The third kappa shape index (κ3) is 3.78. The van der Waals surface area contributed by atoms with Crippen LogP contribution in [0.2, 0.25) is 0 Å². The summed E-state index contributed by atoms with van der Waals surface area (Å²) in [5.41, 5.74) is 0.846. The zero-order valence-electron chi connectivity index (χ0n) is 10.5. The maximum absolute atomic E-state index is 13.2. The fourth-order valence-electron chi connectivity index (χ4n) is 2.74. The van der Waals surface area contributed by atoms with Crippen LogP contribution in [0, 0.1) is 17.6 Å². The molecule has 0 nitrogen and oxygen atoms in total. The number of hydrogen-bond donors (Lipinski definition) is 0. The van der Waals surface area contributed by atoms with Crippen molar-refractivity contribution in [2.45, 2.75) is 49.8 Å². The molecule has 1 aromatic rings. The molecule has 1 aliphatic rings. The molecule has 100 valence electrons. The summed E-state index contributed by atoms with van der Waals surface area (Å²) < 4.78 is 26.1. The minimum absolute atomic E-state index is 0.135. The van der Waals surface area contributed by atoms with E-state index in [-0.39, 0.29) is 4.83 Å². The van der Waals surface area contributed by atoms with Gasteiger partial charge in [0.15, 0.2) is 11.6 Å². The summed E-state index contributed by atoms with van der Waals surface area (Å²) >= 11 is 3.62. The van der Waals surface area contributed by atoms with Crippen LogP contribution in [-0.4, -0.2) is 0 Å². The largest absolute Gasteiger partial charge is 0.204 e. The minimum atomic E-state index is -0.770. The van der Waals surface area contributed by atoms with Gasteiger partial charge in [-0.1, -0.05) is 60.5 Å². The average molecular weight is 317 g/mol. The highest BCUT2D eigenvalue weighted by Gasteiger charge is 2.18. The molecule has 2 rings (SSSR count). The van der Waals surface area contributed by atoms with Crippen LogP contribution in [0.5, 0.6) is 0 Å². The average Bonchev–Trinajstić information content (AvgIpc) is 2.61. The van der Waals surface area contributed by atoms with Gasteiger partial charge in [-0.05, 0) is 30.0 Å². The van der Waals surface area contributed by atoms with Crippen molar-refractivity contribution >= 4 is 15.9 Å². The molecular formula is C15H19BrF2. The summed E-state index contributed by atoms with van der Waals surface area (Å²) in [7, 11) is 0. The molecule has 1 unspecified atom stereocenters. The Kier molecular flexibility index (Phi) is 5.16. The molecule has 0 spiro atoms. The van der Waals surface area contributed by atoms with Crippen molar-refractivity contribution in [3.05, 3.63) is 35.4 Å². The predicted molar refractivity (Wildman–Crippen MR) is 73.8 cm³/mol. The molecule has 0 saturated heterocycles. The van der Waals surface area contributed by atoms with Crippen molar-refractivity contribution in [3.8, 4) is 0 Å². The van der Waals surface area contributed by atoms with Gasteiger partial charge in [0.05, 0.1) is 0 Å². The Bertz CT molecular complexity index is 384. The smallest absolute Gasteiger partial charge is 0.159 e. The van der Waals surface area contributed by atoms with Gasteiger partial charge in [-0.2, -0.15) is 0 Å². The van der Waals surface area contributed by atoms with Crippen molar-refractivity contribution in [1.29, 1.82) is 0 Å². The van der Waals surface area contributed by atoms with E-state index < -0.39 is 11.6 Å². The van der Waals surface area contributed by atoms with E-state index in [9.17, 15) is 8.78 Å². The zero-order chi connectivity index (χ0) is 13.0. The number of hydrogen-bond acceptors (Lipinski definition) is 0. The van der Waals surface area contributed by atoms with Gasteiger partial charge in [-0.15, -0.1) is 0 Å². The lowest BCUT2D eigenvalue weighted by Crippen LogP contribution is -2.03. The first-order valence-corrected chi connectivity index (χ1v) is 7.67. The van der Waals surface area contributed by atoms with Gasteiger partial charge in [0, 0.05) is 4.83 Å². The highest BCUT2D eigenvalue weighted by atomic mass is 79.9. The van der Waals surface area contributed by atoms with Gasteiger partial charge in [-0.25, -0.2) is 8.78 Å². The maximum Gasteiger partial charge on any atom is 0.159 e. The number of benzene rings is 1. The fraction of sp³-hybridized carbons (Fsp3) is 0.600. The molecule has 3 heteroatoms. The van der Waals surface area contributed by atoms with Crippen molar-refractivity contribution in [2.24, 2.45) is 5.92 Å². The van der Waals surface area contributed by atoms with Gasteiger partial charge < -0.3 is 0 Å². The van der Waals surface area contributed by atoms with Crippen LogP contribution < -0.4 is 0 Å². The lowest BCUT2D eigenvalue weighted by molar-refractivity contribution is 0.426. The summed E-state index contributed by atoms with van der Waals surface area (Å²) in [5, 5.41) is 0. The molecule has 0 radical (unpaired) electrons. The second-order valence-corrected chi connectivity index (χ2v) is 6.34. The Hall–Kier alpha value is -0.440. The molecule has 0 aromatic heterocycles. The van der Waals surface area contributed by atoms with E-state index in [0.717, 1.165) is 12.0 Å². The van der Waals surface area contributed by atoms with E-state index in [1.54, 1.807) is 6.07 Å². The standard InChI is InChI=1S/C15H19BrF2/c16-13(9-11-5-3-1-2-4-6-11)12-7-8-14(17)15(18)10-12/h7-8,10-11,13H,1-6,9H2. The summed E-state index contributed by atoms with van der Waals surface area (Å²) in [6.07, 6.45) is 8.86. The van der Waals surface area contributed by atoms with Crippen LogP contribution in [-0.2, 0) is 0 Å². The third-order valence-electron chi connectivity index (χ3n) is 3.82. The van der Waals surface area contributed by atoms with Crippen LogP contribution in [0.3, 0.4) is 0 Å². The van der Waals surface area contributed by atoms with Gasteiger partial charge in [-0.3, -0.25) is 0 Å². The molecule has 1 aliphatic carbocycles. The van der Waals surface area contributed by atoms with Crippen LogP contribution in [0.15, 0.2) is 18.2 Å². The van der Waals surface area contributed by atoms with Gasteiger partial charge >= 0.3 is 0 Å². The number of alkyl halides is 1. The van der Waals surface area contributed by atoms with Crippen molar-refractivity contribution in [3.63, 3.8) is 0 Å². The highest BCUT2D eigenvalue weighted by Crippen LogP contribution is 2.36. The lowest BCUT2D eigenvalue weighted by Gasteiger charge is -2.18. The molecule has 18 heavy (non-hydrogen) atoms. The van der Waals surface area contributed by atoms with E-state index in [4.69, 9.17) is 0 Å². The van der Waals surface area contributed by atoms with Gasteiger partial charge in [0.1, 0.15) is 0 Å². The van der Waals surface area contributed by atoms with Crippen LogP contribution in [0.4, 0.5) is 8.78 Å². The lowest BCUT2D eigenvalue weighted by atomic mass is 9.93. The van der Waals surface area contributed by atoms with Crippen LogP contribution in [0.1, 0.15) is 55.3 Å². The second kappa shape index (κ2) is 6.65. The summed E-state index contributed by atoms with van der Waals surface area (Å²) in [4.78, 5) is 0.135.